The van der Waals surface area contributed by atoms with E-state index < -0.39 is 5.76 Å². The largest absolute Gasteiger partial charge is 0.291 e. The minimum Gasteiger partial charge on any atom is -0.290 e. The van der Waals surface area contributed by atoms with Crippen LogP contribution in [-0.4, -0.2) is 15.3 Å². The highest BCUT2D eigenvalue weighted by molar-refractivity contribution is 9.10. The van der Waals surface area contributed by atoms with Gasteiger partial charge in [0.1, 0.15) is 5.15 Å². The zero-order chi connectivity index (χ0) is 14.2. The first-order valence-electron chi connectivity index (χ1n) is 4.73. The molecule has 1 heterocycles. The maximum absolute atomic E-state index is 12.5. The van der Waals surface area contributed by atoms with Crippen molar-refractivity contribution < 1.29 is 8.78 Å². The van der Waals surface area contributed by atoms with E-state index in [2.05, 4.69) is 20.9 Å². The molecule has 0 aliphatic rings. The van der Waals surface area contributed by atoms with E-state index in [-0.39, 0.29) is 22.1 Å². The number of hydrogen-bond donors (Lipinski definition) is 0. The number of alkyl halides is 2. The van der Waals surface area contributed by atoms with Crippen LogP contribution in [0.15, 0.2) is 28.0 Å². The summed E-state index contributed by atoms with van der Waals surface area (Å²) >= 11 is 21.4. The molecule has 0 N–H and O–H groups in total. The molecule has 1 aromatic heterocycles. The van der Waals surface area contributed by atoms with E-state index in [0.29, 0.717) is 20.2 Å². The third-order valence-corrected chi connectivity index (χ3v) is 3.95. The first-order chi connectivity index (χ1) is 8.88. The van der Waals surface area contributed by atoms with Crippen LogP contribution < -0.4 is 0 Å². The van der Waals surface area contributed by atoms with E-state index in [1.807, 2.05) is 0 Å². The summed E-state index contributed by atoms with van der Waals surface area (Å²) in [5.74, 6) is -2.62. The van der Waals surface area contributed by atoms with Crippen molar-refractivity contribution in [3.8, 4) is 5.69 Å². The van der Waals surface area contributed by atoms with E-state index in [1.54, 1.807) is 12.1 Å². The quantitative estimate of drug-likeness (QED) is 0.588. The molecule has 0 aliphatic heterocycles. The second-order valence-corrected chi connectivity index (χ2v) is 6.39. The standard InChI is InChI=1S/C10H4BrCl3F2N2S/c11-4-1-5(12)8(6(13)2-4)18-3-7(14)17-10(18)19-9(15)16/h1-3,9H. The Morgan fingerprint density at radius 2 is 1.79 bits per heavy atom. The number of halogens is 6. The summed E-state index contributed by atoms with van der Waals surface area (Å²) in [6.07, 6.45) is 1.38. The van der Waals surface area contributed by atoms with Gasteiger partial charge in [-0.15, -0.1) is 0 Å². The number of aromatic nitrogens is 2. The van der Waals surface area contributed by atoms with Crippen molar-refractivity contribution in [1.29, 1.82) is 0 Å². The van der Waals surface area contributed by atoms with Crippen molar-refractivity contribution in [2.45, 2.75) is 10.9 Å². The Morgan fingerprint density at radius 3 is 2.32 bits per heavy atom. The van der Waals surface area contributed by atoms with Crippen LogP contribution in [-0.2, 0) is 0 Å². The molecule has 1 aromatic carbocycles. The van der Waals surface area contributed by atoms with Crippen LogP contribution in [0.4, 0.5) is 8.78 Å². The number of thioether (sulfide) groups is 1. The van der Waals surface area contributed by atoms with E-state index in [9.17, 15) is 8.78 Å². The van der Waals surface area contributed by atoms with Gasteiger partial charge in [0.15, 0.2) is 5.16 Å². The van der Waals surface area contributed by atoms with Gasteiger partial charge in [-0.1, -0.05) is 50.7 Å². The van der Waals surface area contributed by atoms with Gasteiger partial charge in [0, 0.05) is 10.7 Å². The van der Waals surface area contributed by atoms with Gasteiger partial charge in [-0.05, 0) is 23.9 Å². The number of rotatable bonds is 3. The molecular formula is C10H4BrCl3F2N2S. The van der Waals surface area contributed by atoms with Crippen molar-refractivity contribution in [3.05, 3.63) is 38.0 Å². The van der Waals surface area contributed by atoms with E-state index >= 15 is 0 Å². The lowest BCUT2D eigenvalue weighted by Crippen LogP contribution is -1.99. The predicted molar refractivity (Wildman–Crippen MR) is 78.2 cm³/mol. The maximum atomic E-state index is 12.5. The summed E-state index contributed by atoms with van der Waals surface area (Å²) in [5, 5.41) is 0.693. The van der Waals surface area contributed by atoms with Crippen molar-refractivity contribution in [1.82, 2.24) is 9.55 Å². The van der Waals surface area contributed by atoms with Crippen LogP contribution in [0.1, 0.15) is 0 Å². The molecule has 102 valence electrons. The van der Waals surface area contributed by atoms with E-state index in [1.165, 1.54) is 10.8 Å². The van der Waals surface area contributed by atoms with Crippen molar-refractivity contribution in [2.75, 3.05) is 0 Å². The molecule has 2 aromatic rings. The molecule has 9 heteroatoms. The van der Waals surface area contributed by atoms with Crippen LogP contribution in [0.25, 0.3) is 5.69 Å². The molecule has 0 saturated heterocycles. The van der Waals surface area contributed by atoms with Gasteiger partial charge in [0.05, 0.1) is 15.7 Å². The van der Waals surface area contributed by atoms with Crippen LogP contribution in [0.2, 0.25) is 15.2 Å². The van der Waals surface area contributed by atoms with Gasteiger partial charge < -0.3 is 0 Å². The Labute approximate surface area is 135 Å². The topological polar surface area (TPSA) is 17.8 Å². The average molecular weight is 408 g/mol. The van der Waals surface area contributed by atoms with Crippen molar-refractivity contribution in [2.24, 2.45) is 0 Å². The third-order valence-electron chi connectivity index (χ3n) is 2.06. The first-order valence-corrected chi connectivity index (χ1v) is 7.53. The average Bonchev–Trinajstić information content (AvgIpc) is 2.56. The summed E-state index contributed by atoms with van der Waals surface area (Å²) in [5.41, 5.74) is 0.356. The predicted octanol–water partition coefficient (Wildman–Crippen LogP) is 5.91. The number of hydrogen-bond acceptors (Lipinski definition) is 2. The van der Waals surface area contributed by atoms with Crippen LogP contribution >= 0.6 is 62.5 Å². The molecule has 0 atom stereocenters. The molecule has 19 heavy (non-hydrogen) atoms. The van der Waals surface area contributed by atoms with Gasteiger partial charge in [-0.25, -0.2) is 4.98 Å². The van der Waals surface area contributed by atoms with Crippen LogP contribution in [0.3, 0.4) is 0 Å². The monoisotopic (exact) mass is 406 g/mol. The Balaban J connectivity index is 2.59. The van der Waals surface area contributed by atoms with Gasteiger partial charge in [-0.2, -0.15) is 8.78 Å². The molecule has 0 unspecified atom stereocenters. The molecule has 0 aliphatic carbocycles. The lowest BCUT2D eigenvalue weighted by Gasteiger charge is -2.11. The highest BCUT2D eigenvalue weighted by Gasteiger charge is 2.18. The van der Waals surface area contributed by atoms with Gasteiger partial charge in [0.2, 0.25) is 0 Å². The summed E-state index contributed by atoms with van der Waals surface area (Å²) in [7, 11) is 0. The van der Waals surface area contributed by atoms with Gasteiger partial charge in [0.25, 0.3) is 5.76 Å². The lowest BCUT2D eigenvalue weighted by atomic mass is 10.3. The molecule has 0 saturated carbocycles. The molecule has 0 amide bonds. The van der Waals surface area contributed by atoms with E-state index in [4.69, 9.17) is 34.8 Å². The number of imidazole rings is 1. The highest BCUT2D eigenvalue weighted by Crippen LogP contribution is 2.36. The maximum Gasteiger partial charge on any atom is 0.291 e. The van der Waals surface area contributed by atoms with Gasteiger partial charge >= 0.3 is 0 Å². The molecular weight excluding hydrogens is 404 g/mol. The Kier molecular flexibility index (Phi) is 5.00. The Morgan fingerprint density at radius 1 is 1.21 bits per heavy atom. The van der Waals surface area contributed by atoms with Crippen LogP contribution in [0, 0.1) is 0 Å². The molecule has 0 fully saturated rings. The fraction of sp³-hybridized carbons (Fsp3) is 0.100. The van der Waals surface area contributed by atoms with E-state index in [0.717, 1.165) is 0 Å². The normalized spacial score (nSPS) is 11.3. The second kappa shape index (κ2) is 6.18. The minimum absolute atomic E-state index is 0.0196. The SMILES string of the molecule is FC(F)Sc1nc(Cl)cn1-c1c(Cl)cc(Br)cc1Cl. The summed E-state index contributed by atoms with van der Waals surface area (Å²) in [4.78, 5) is 3.81. The zero-order valence-corrected chi connectivity index (χ0v) is 13.6. The number of nitrogens with zero attached hydrogens (tertiary/aromatic N) is 2. The minimum atomic E-state index is -2.62. The Hall–Kier alpha value is -0.0100. The highest BCUT2D eigenvalue weighted by atomic mass is 79.9. The fourth-order valence-corrected chi connectivity index (χ4v) is 3.61. The fourth-order valence-electron chi connectivity index (χ4n) is 1.42. The summed E-state index contributed by atoms with van der Waals surface area (Å²) < 4.78 is 27.0. The van der Waals surface area contributed by atoms with Gasteiger partial charge in [-0.3, -0.25) is 4.57 Å². The lowest BCUT2D eigenvalue weighted by molar-refractivity contribution is 0.251. The second-order valence-electron chi connectivity index (χ2n) is 3.31. The van der Waals surface area contributed by atoms with Crippen molar-refractivity contribution in [3.63, 3.8) is 0 Å². The van der Waals surface area contributed by atoms with Crippen LogP contribution in [0.5, 0.6) is 0 Å². The third kappa shape index (κ3) is 3.55. The first kappa shape index (κ1) is 15.4. The molecule has 0 radical (unpaired) electrons. The Bertz CT molecular complexity index is 598. The molecule has 0 bridgehead atoms. The number of benzene rings is 1. The molecule has 2 nitrogen and oxygen atoms in total. The molecule has 2 rings (SSSR count). The summed E-state index contributed by atoms with van der Waals surface area (Å²) in [6.45, 7) is 0. The summed E-state index contributed by atoms with van der Waals surface area (Å²) in [6, 6.07) is 3.21. The van der Waals surface area contributed by atoms with Crippen molar-refractivity contribution >= 4 is 62.5 Å². The molecule has 0 spiro atoms. The smallest absolute Gasteiger partial charge is 0.290 e. The zero-order valence-electron chi connectivity index (χ0n) is 8.88.